The molecule has 0 aromatic heterocycles. The minimum Gasteiger partial charge on any atom is -0.314 e. The highest BCUT2D eigenvalue weighted by Crippen LogP contribution is 2.38. The van der Waals surface area contributed by atoms with Crippen LogP contribution in [-0.2, 0) is 0 Å². The van der Waals surface area contributed by atoms with Crippen LogP contribution in [0.1, 0.15) is 52.9 Å². The predicted molar refractivity (Wildman–Crippen MR) is 74.3 cm³/mol. The van der Waals surface area contributed by atoms with Gasteiger partial charge in [0.1, 0.15) is 0 Å². The van der Waals surface area contributed by atoms with E-state index >= 15 is 0 Å². The van der Waals surface area contributed by atoms with Crippen molar-refractivity contribution in [1.29, 1.82) is 0 Å². The fourth-order valence-corrected chi connectivity index (χ4v) is 3.55. The van der Waals surface area contributed by atoms with Crippen LogP contribution in [0.5, 0.6) is 0 Å². The highest BCUT2D eigenvalue weighted by atomic mass is 15.2. The lowest BCUT2D eigenvalue weighted by atomic mass is 9.88. The van der Waals surface area contributed by atoms with Crippen LogP contribution in [0, 0.1) is 11.3 Å². The zero-order valence-corrected chi connectivity index (χ0v) is 12.0. The molecule has 1 atom stereocenters. The average Bonchev–Trinajstić information content (AvgIpc) is 2.85. The molecule has 100 valence electrons. The Labute approximate surface area is 107 Å². The van der Waals surface area contributed by atoms with Crippen LogP contribution in [0.4, 0.5) is 0 Å². The zero-order valence-electron chi connectivity index (χ0n) is 12.0. The van der Waals surface area contributed by atoms with E-state index in [9.17, 15) is 0 Å². The van der Waals surface area contributed by atoms with Crippen LogP contribution >= 0.6 is 0 Å². The van der Waals surface area contributed by atoms with E-state index in [0.29, 0.717) is 11.5 Å². The minimum atomic E-state index is 0.636. The van der Waals surface area contributed by atoms with Crippen molar-refractivity contribution in [3.8, 4) is 0 Å². The number of hydrogen-bond acceptors (Lipinski definition) is 2. The van der Waals surface area contributed by atoms with Crippen molar-refractivity contribution in [2.24, 2.45) is 11.3 Å². The number of hydrogen-bond donors (Lipinski definition) is 1. The summed E-state index contributed by atoms with van der Waals surface area (Å²) >= 11 is 0. The molecule has 2 nitrogen and oxygen atoms in total. The van der Waals surface area contributed by atoms with E-state index in [2.05, 4.69) is 31.0 Å². The maximum atomic E-state index is 3.58. The molecule has 0 bridgehead atoms. The lowest BCUT2D eigenvalue weighted by Crippen LogP contribution is -2.35. The molecule has 2 fully saturated rings. The van der Waals surface area contributed by atoms with Gasteiger partial charge in [-0.2, -0.15) is 0 Å². The first-order valence-electron chi connectivity index (χ1n) is 7.53. The lowest BCUT2D eigenvalue weighted by Gasteiger charge is -2.29. The molecule has 0 amide bonds. The standard InChI is InChI=1S/C15H30N2/c1-13(2)16-10-14-6-9-17(11-14)12-15(3)7-4-5-8-15/h13-14,16H,4-12H2,1-3H3. The second-order valence-electron chi connectivity index (χ2n) is 6.97. The van der Waals surface area contributed by atoms with Crippen molar-refractivity contribution in [2.75, 3.05) is 26.2 Å². The predicted octanol–water partition coefficient (Wildman–Crippen LogP) is 2.89. The Morgan fingerprint density at radius 2 is 2.00 bits per heavy atom. The Bertz CT molecular complexity index is 231. The van der Waals surface area contributed by atoms with Gasteiger partial charge >= 0.3 is 0 Å². The normalized spacial score (nSPS) is 29.3. The summed E-state index contributed by atoms with van der Waals surface area (Å²) in [4.78, 5) is 2.72. The highest BCUT2D eigenvalue weighted by Gasteiger charge is 2.33. The van der Waals surface area contributed by atoms with E-state index in [1.54, 1.807) is 0 Å². The van der Waals surface area contributed by atoms with Crippen LogP contribution in [-0.4, -0.2) is 37.1 Å². The molecular weight excluding hydrogens is 208 g/mol. The summed E-state index contributed by atoms with van der Waals surface area (Å²) in [6.45, 7) is 12.2. The van der Waals surface area contributed by atoms with Crippen LogP contribution in [0.2, 0.25) is 0 Å². The Kier molecular flexibility index (Phi) is 4.48. The Morgan fingerprint density at radius 1 is 1.29 bits per heavy atom. The molecule has 1 saturated carbocycles. The number of rotatable bonds is 5. The summed E-state index contributed by atoms with van der Waals surface area (Å²) < 4.78 is 0. The molecule has 1 saturated heterocycles. The van der Waals surface area contributed by atoms with Gasteiger partial charge in [-0.15, -0.1) is 0 Å². The maximum absolute atomic E-state index is 3.58. The van der Waals surface area contributed by atoms with Gasteiger partial charge in [0.25, 0.3) is 0 Å². The van der Waals surface area contributed by atoms with E-state index in [1.165, 1.54) is 58.3 Å². The fourth-order valence-electron chi connectivity index (χ4n) is 3.55. The molecule has 0 spiro atoms. The van der Waals surface area contributed by atoms with Gasteiger partial charge in [0.2, 0.25) is 0 Å². The topological polar surface area (TPSA) is 15.3 Å². The lowest BCUT2D eigenvalue weighted by molar-refractivity contribution is 0.191. The van der Waals surface area contributed by atoms with Gasteiger partial charge in [-0.25, -0.2) is 0 Å². The largest absolute Gasteiger partial charge is 0.314 e. The molecule has 1 heterocycles. The Morgan fingerprint density at radius 3 is 2.65 bits per heavy atom. The zero-order chi connectivity index (χ0) is 12.3. The molecule has 17 heavy (non-hydrogen) atoms. The van der Waals surface area contributed by atoms with Crippen molar-refractivity contribution in [3.05, 3.63) is 0 Å². The third-order valence-corrected chi connectivity index (χ3v) is 4.60. The quantitative estimate of drug-likeness (QED) is 0.792. The fraction of sp³-hybridized carbons (Fsp3) is 1.00. The summed E-state index contributed by atoms with van der Waals surface area (Å²) in [5.74, 6) is 0.891. The second kappa shape index (κ2) is 5.71. The van der Waals surface area contributed by atoms with Crippen molar-refractivity contribution < 1.29 is 0 Å². The third kappa shape index (κ3) is 3.96. The molecule has 1 N–H and O–H groups in total. The van der Waals surface area contributed by atoms with Crippen molar-refractivity contribution in [1.82, 2.24) is 10.2 Å². The third-order valence-electron chi connectivity index (χ3n) is 4.60. The van der Waals surface area contributed by atoms with Crippen molar-refractivity contribution >= 4 is 0 Å². The van der Waals surface area contributed by atoms with E-state index < -0.39 is 0 Å². The minimum absolute atomic E-state index is 0.636. The van der Waals surface area contributed by atoms with Crippen LogP contribution < -0.4 is 5.32 Å². The van der Waals surface area contributed by atoms with Crippen LogP contribution in [0.15, 0.2) is 0 Å². The van der Waals surface area contributed by atoms with Gasteiger partial charge < -0.3 is 10.2 Å². The first-order chi connectivity index (χ1) is 8.07. The molecule has 1 unspecified atom stereocenters. The van der Waals surface area contributed by atoms with Crippen LogP contribution in [0.3, 0.4) is 0 Å². The van der Waals surface area contributed by atoms with Crippen LogP contribution in [0.25, 0.3) is 0 Å². The van der Waals surface area contributed by atoms with E-state index in [4.69, 9.17) is 0 Å². The SMILES string of the molecule is CC(C)NCC1CCN(CC2(C)CCCC2)C1. The van der Waals surface area contributed by atoms with Gasteiger partial charge in [0.05, 0.1) is 0 Å². The molecular formula is C15H30N2. The van der Waals surface area contributed by atoms with Gasteiger partial charge in [-0.05, 0) is 43.7 Å². The molecule has 0 aromatic rings. The van der Waals surface area contributed by atoms with Gasteiger partial charge in [0, 0.05) is 19.1 Å². The maximum Gasteiger partial charge on any atom is 0.00354 e. The molecule has 1 aliphatic heterocycles. The van der Waals surface area contributed by atoms with E-state index in [0.717, 1.165) is 5.92 Å². The summed E-state index contributed by atoms with van der Waals surface area (Å²) in [6.07, 6.45) is 7.23. The summed E-state index contributed by atoms with van der Waals surface area (Å²) in [5, 5.41) is 3.58. The van der Waals surface area contributed by atoms with E-state index in [-0.39, 0.29) is 0 Å². The molecule has 0 aromatic carbocycles. The van der Waals surface area contributed by atoms with Gasteiger partial charge in [-0.1, -0.05) is 33.6 Å². The molecule has 1 aliphatic carbocycles. The van der Waals surface area contributed by atoms with E-state index in [1.807, 2.05) is 0 Å². The Balaban J connectivity index is 1.70. The molecule has 0 radical (unpaired) electrons. The van der Waals surface area contributed by atoms with Gasteiger partial charge in [-0.3, -0.25) is 0 Å². The second-order valence-corrected chi connectivity index (χ2v) is 6.97. The summed E-state index contributed by atoms with van der Waals surface area (Å²) in [5.41, 5.74) is 0.639. The number of likely N-dealkylation sites (tertiary alicyclic amines) is 1. The van der Waals surface area contributed by atoms with Gasteiger partial charge in [0.15, 0.2) is 0 Å². The molecule has 2 aliphatic rings. The Hall–Kier alpha value is -0.0800. The van der Waals surface area contributed by atoms with Crippen molar-refractivity contribution in [2.45, 2.75) is 58.9 Å². The monoisotopic (exact) mass is 238 g/mol. The first-order valence-corrected chi connectivity index (χ1v) is 7.53. The summed E-state index contributed by atoms with van der Waals surface area (Å²) in [7, 11) is 0. The molecule has 2 rings (SSSR count). The number of nitrogens with zero attached hydrogens (tertiary/aromatic N) is 1. The first kappa shape index (κ1) is 13.4. The highest BCUT2D eigenvalue weighted by molar-refractivity contribution is 4.87. The smallest absolute Gasteiger partial charge is 0.00354 e. The molecule has 2 heteroatoms. The average molecular weight is 238 g/mol. The van der Waals surface area contributed by atoms with Crippen molar-refractivity contribution in [3.63, 3.8) is 0 Å². The number of nitrogens with one attached hydrogen (secondary N) is 1. The summed E-state index contributed by atoms with van der Waals surface area (Å²) in [6, 6.07) is 0.636.